The van der Waals surface area contributed by atoms with Gasteiger partial charge in [0.2, 0.25) is 0 Å². The van der Waals surface area contributed by atoms with Crippen LogP contribution in [0.4, 0.5) is 0 Å². The summed E-state index contributed by atoms with van der Waals surface area (Å²) in [4.78, 5) is 24.1. The zero-order valence-electron chi connectivity index (χ0n) is 19.6. The van der Waals surface area contributed by atoms with Crippen molar-refractivity contribution in [1.29, 1.82) is 0 Å². The molecule has 2 aromatic rings. The molecule has 0 aromatic heterocycles. The van der Waals surface area contributed by atoms with Crippen molar-refractivity contribution >= 4 is 11.9 Å². The van der Waals surface area contributed by atoms with Crippen molar-refractivity contribution in [3.8, 4) is 0 Å². The van der Waals surface area contributed by atoms with Crippen LogP contribution in [0.5, 0.6) is 0 Å². The van der Waals surface area contributed by atoms with Gasteiger partial charge in [0.1, 0.15) is 0 Å². The monoisotopic (exact) mass is 440 g/mol. The topological polar surface area (TPSA) is 94.8 Å². The molecular weight excluding hydrogens is 404 g/mol. The summed E-state index contributed by atoms with van der Waals surface area (Å²) in [7, 11) is 0. The molecular formula is C27H36O5. The number of carboxylic acids is 2. The van der Waals surface area contributed by atoms with E-state index in [1.165, 1.54) is 0 Å². The SMILES string of the molecule is Cc1ccc(CCC(C)(CC(O)CC(C)(CCc2ccc(C)cc2)C(=O)O)C(=O)O)cc1. The average molecular weight is 441 g/mol. The molecule has 5 nitrogen and oxygen atoms in total. The highest BCUT2D eigenvalue weighted by Gasteiger charge is 2.40. The maximum Gasteiger partial charge on any atom is 0.309 e. The quantitative estimate of drug-likeness (QED) is 0.422. The Balaban J connectivity index is 2.03. The normalized spacial score (nSPS) is 16.0. The van der Waals surface area contributed by atoms with Crippen LogP contribution < -0.4 is 0 Å². The summed E-state index contributed by atoms with van der Waals surface area (Å²) >= 11 is 0. The van der Waals surface area contributed by atoms with E-state index in [1.807, 2.05) is 62.4 Å². The maximum atomic E-state index is 12.0. The highest BCUT2D eigenvalue weighted by molar-refractivity contribution is 5.75. The van der Waals surface area contributed by atoms with Crippen molar-refractivity contribution in [1.82, 2.24) is 0 Å². The van der Waals surface area contributed by atoms with Crippen molar-refractivity contribution < 1.29 is 24.9 Å². The molecule has 0 amide bonds. The molecule has 0 aliphatic heterocycles. The van der Waals surface area contributed by atoms with Gasteiger partial charge < -0.3 is 15.3 Å². The Morgan fingerprint density at radius 2 is 1.03 bits per heavy atom. The smallest absolute Gasteiger partial charge is 0.309 e. The van der Waals surface area contributed by atoms with Crippen LogP contribution in [-0.4, -0.2) is 33.4 Å². The lowest BCUT2D eigenvalue weighted by molar-refractivity contribution is -0.153. The van der Waals surface area contributed by atoms with E-state index < -0.39 is 28.9 Å². The van der Waals surface area contributed by atoms with Crippen LogP contribution in [0.25, 0.3) is 0 Å². The van der Waals surface area contributed by atoms with Gasteiger partial charge in [-0.05, 0) is 77.3 Å². The minimum absolute atomic E-state index is 0.0155. The lowest BCUT2D eigenvalue weighted by Crippen LogP contribution is -2.37. The summed E-state index contributed by atoms with van der Waals surface area (Å²) in [6.07, 6.45) is 0.918. The molecule has 0 saturated heterocycles. The lowest BCUT2D eigenvalue weighted by Gasteiger charge is -2.32. The first kappa shape index (κ1) is 25.6. The molecule has 2 rings (SSSR count). The predicted octanol–water partition coefficient (Wildman–Crippen LogP) is 5.19. The van der Waals surface area contributed by atoms with Crippen molar-refractivity contribution in [2.75, 3.05) is 0 Å². The lowest BCUT2D eigenvalue weighted by atomic mass is 9.73. The van der Waals surface area contributed by atoms with Gasteiger partial charge in [-0.1, -0.05) is 59.7 Å². The third-order valence-corrected chi connectivity index (χ3v) is 6.58. The van der Waals surface area contributed by atoms with E-state index in [1.54, 1.807) is 13.8 Å². The number of aliphatic hydroxyl groups excluding tert-OH is 1. The number of aliphatic hydroxyl groups is 1. The molecule has 2 atom stereocenters. The standard InChI is InChI=1S/C27H36O5/c1-19-5-9-21(10-6-19)13-15-26(3,24(29)30)17-23(28)18-27(4,25(31)32)16-14-22-11-7-20(2)8-12-22/h5-12,23,28H,13-18H2,1-4H3,(H,29,30)(H,31,32). The van der Waals surface area contributed by atoms with Gasteiger partial charge in [-0.3, -0.25) is 9.59 Å². The summed E-state index contributed by atoms with van der Waals surface area (Å²) in [5.74, 6) is -1.94. The van der Waals surface area contributed by atoms with Crippen LogP contribution in [0.15, 0.2) is 48.5 Å². The largest absolute Gasteiger partial charge is 0.481 e. The van der Waals surface area contributed by atoms with Crippen LogP contribution in [0, 0.1) is 24.7 Å². The first-order valence-electron chi connectivity index (χ1n) is 11.2. The number of aryl methyl sites for hydroxylation is 4. The van der Waals surface area contributed by atoms with Gasteiger partial charge in [0.15, 0.2) is 0 Å². The Labute approximate surface area is 191 Å². The van der Waals surface area contributed by atoms with Crippen molar-refractivity contribution in [2.45, 2.75) is 72.3 Å². The zero-order valence-corrected chi connectivity index (χ0v) is 19.6. The second kappa shape index (κ2) is 10.8. The molecule has 0 aliphatic carbocycles. The molecule has 0 bridgehead atoms. The highest BCUT2D eigenvalue weighted by Crippen LogP contribution is 2.36. The van der Waals surface area contributed by atoms with Crippen LogP contribution in [0.3, 0.4) is 0 Å². The summed E-state index contributed by atoms with van der Waals surface area (Å²) in [5.41, 5.74) is 2.10. The van der Waals surface area contributed by atoms with Crippen LogP contribution in [0.2, 0.25) is 0 Å². The van der Waals surface area contributed by atoms with Crippen LogP contribution in [0.1, 0.15) is 61.8 Å². The molecule has 0 aliphatic rings. The summed E-state index contributed by atoms with van der Waals surface area (Å²) in [5, 5.41) is 30.5. The van der Waals surface area contributed by atoms with Crippen molar-refractivity contribution in [3.05, 3.63) is 70.8 Å². The van der Waals surface area contributed by atoms with E-state index in [2.05, 4.69) is 0 Å². The summed E-state index contributed by atoms with van der Waals surface area (Å²) in [6, 6.07) is 15.9. The van der Waals surface area contributed by atoms with Gasteiger partial charge >= 0.3 is 11.9 Å². The van der Waals surface area contributed by atoms with Gasteiger partial charge in [-0.25, -0.2) is 0 Å². The maximum absolute atomic E-state index is 12.0. The number of carboxylic acid groups (broad SMARTS) is 2. The Kier molecular flexibility index (Phi) is 8.62. The number of hydrogen-bond donors (Lipinski definition) is 3. The van der Waals surface area contributed by atoms with Gasteiger partial charge in [-0.2, -0.15) is 0 Å². The molecule has 174 valence electrons. The number of aliphatic carboxylic acids is 2. The molecule has 0 radical (unpaired) electrons. The van der Waals surface area contributed by atoms with E-state index in [0.717, 1.165) is 22.3 Å². The third-order valence-electron chi connectivity index (χ3n) is 6.58. The van der Waals surface area contributed by atoms with Crippen LogP contribution >= 0.6 is 0 Å². The second-order valence-corrected chi connectivity index (χ2v) is 9.76. The van der Waals surface area contributed by atoms with E-state index in [0.29, 0.717) is 25.7 Å². The first-order chi connectivity index (χ1) is 14.9. The summed E-state index contributed by atoms with van der Waals surface area (Å²) in [6.45, 7) is 7.27. The van der Waals surface area contributed by atoms with E-state index in [-0.39, 0.29) is 12.8 Å². The first-order valence-corrected chi connectivity index (χ1v) is 11.2. The van der Waals surface area contributed by atoms with E-state index in [4.69, 9.17) is 0 Å². The number of carbonyl (C=O) groups is 2. The predicted molar refractivity (Wildman–Crippen MR) is 126 cm³/mol. The second-order valence-electron chi connectivity index (χ2n) is 9.76. The molecule has 2 aromatic carbocycles. The Morgan fingerprint density at radius 1 is 0.719 bits per heavy atom. The van der Waals surface area contributed by atoms with Gasteiger partial charge in [0.25, 0.3) is 0 Å². The fourth-order valence-corrected chi connectivity index (χ4v) is 4.05. The van der Waals surface area contributed by atoms with Gasteiger partial charge in [0, 0.05) is 0 Å². The molecule has 0 fully saturated rings. The van der Waals surface area contributed by atoms with Gasteiger partial charge in [0.05, 0.1) is 16.9 Å². The van der Waals surface area contributed by atoms with E-state index >= 15 is 0 Å². The zero-order chi connectivity index (χ0) is 23.9. The van der Waals surface area contributed by atoms with E-state index in [9.17, 15) is 24.9 Å². The molecule has 0 spiro atoms. The Morgan fingerprint density at radius 3 is 1.31 bits per heavy atom. The molecule has 0 saturated carbocycles. The molecule has 0 heterocycles. The highest BCUT2D eigenvalue weighted by atomic mass is 16.4. The number of rotatable bonds is 12. The molecule has 3 N–H and O–H groups in total. The third kappa shape index (κ3) is 7.20. The van der Waals surface area contributed by atoms with Gasteiger partial charge in [-0.15, -0.1) is 0 Å². The fourth-order valence-electron chi connectivity index (χ4n) is 4.05. The van der Waals surface area contributed by atoms with Crippen molar-refractivity contribution in [2.24, 2.45) is 10.8 Å². The fraction of sp³-hybridized carbons (Fsp3) is 0.481. The Bertz CT molecular complexity index is 827. The molecule has 32 heavy (non-hydrogen) atoms. The summed E-state index contributed by atoms with van der Waals surface area (Å²) < 4.78 is 0. The van der Waals surface area contributed by atoms with Crippen molar-refractivity contribution in [3.63, 3.8) is 0 Å². The number of benzene rings is 2. The average Bonchev–Trinajstić information content (AvgIpc) is 2.72. The number of hydrogen-bond acceptors (Lipinski definition) is 3. The molecule has 5 heteroatoms. The minimum Gasteiger partial charge on any atom is -0.481 e. The minimum atomic E-state index is -1.14. The van der Waals surface area contributed by atoms with Crippen LogP contribution in [-0.2, 0) is 22.4 Å². The Hall–Kier alpha value is -2.66. The molecule has 2 unspecified atom stereocenters.